The van der Waals surface area contributed by atoms with Crippen LogP contribution in [-0.2, 0) is 25.7 Å². The molecule has 0 fully saturated rings. The van der Waals surface area contributed by atoms with Crippen LogP contribution in [0.4, 0.5) is 4.79 Å². The monoisotopic (exact) mass is 353 g/mol. The lowest BCUT2D eigenvalue weighted by molar-refractivity contribution is -0.151. The van der Waals surface area contributed by atoms with Crippen molar-refractivity contribution in [1.82, 2.24) is 5.32 Å². The molecule has 0 aliphatic carbocycles. The van der Waals surface area contributed by atoms with E-state index in [1.807, 2.05) is 6.07 Å². The Morgan fingerprint density at radius 3 is 2.24 bits per heavy atom. The largest absolute Gasteiger partial charge is 0.481 e. The number of rotatable bonds is 8. The second kappa shape index (κ2) is 9.63. The molecule has 3 N–H and O–H groups in total. The lowest BCUT2D eigenvalue weighted by Crippen LogP contribution is -2.53. The third kappa shape index (κ3) is 6.07. The second-order valence-electron chi connectivity index (χ2n) is 5.65. The normalized spacial score (nSPS) is 15.4. The molecule has 8 heteroatoms. The van der Waals surface area contributed by atoms with Gasteiger partial charge in [-0.2, -0.15) is 0 Å². The summed E-state index contributed by atoms with van der Waals surface area (Å²) in [7, 11) is 1.15. The minimum Gasteiger partial charge on any atom is -0.481 e. The van der Waals surface area contributed by atoms with Crippen LogP contribution < -0.4 is 5.32 Å². The average Bonchev–Trinajstić information content (AvgIpc) is 2.58. The van der Waals surface area contributed by atoms with Crippen molar-refractivity contribution in [3.63, 3.8) is 0 Å². The van der Waals surface area contributed by atoms with Gasteiger partial charge < -0.3 is 25.0 Å². The summed E-state index contributed by atoms with van der Waals surface area (Å²) in [6.45, 7) is 2.66. The van der Waals surface area contributed by atoms with E-state index >= 15 is 0 Å². The Morgan fingerprint density at radius 1 is 1.16 bits per heavy atom. The average molecular weight is 353 g/mol. The molecule has 0 radical (unpaired) electrons. The quantitative estimate of drug-likeness (QED) is 0.600. The van der Waals surface area contributed by atoms with Gasteiger partial charge in [-0.1, -0.05) is 30.3 Å². The summed E-state index contributed by atoms with van der Waals surface area (Å²) in [6.07, 6.45) is -2.19. The summed E-state index contributed by atoms with van der Waals surface area (Å²) in [6, 6.07) is 7.71. The number of carboxylic acids is 1. The summed E-state index contributed by atoms with van der Waals surface area (Å²) in [5, 5.41) is 21.4. The van der Waals surface area contributed by atoms with Crippen molar-refractivity contribution in [3.8, 4) is 0 Å². The predicted octanol–water partition coefficient (Wildman–Crippen LogP) is 1.17. The van der Waals surface area contributed by atoms with Crippen LogP contribution in [0.3, 0.4) is 0 Å². The lowest BCUT2D eigenvalue weighted by Gasteiger charge is -2.30. The zero-order valence-electron chi connectivity index (χ0n) is 14.3. The molecule has 1 aromatic rings. The van der Waals surface area contributed by atoms with Gasteiger partial charge >= 0.3 is 18.0 Å². The number of esters is 1. The zero-order chi connectivity index (χ0) is 19.0. The van der Waals surface area contributed by atoms with Crippen LogP contribution in [0, 0.1) is 11.8 Å². The number of carbonyl (C=O) groups is 3. The summed E-state index contributed by atoms with van der Waals surface area (Å²) in [5.74, 6) is -4.46. The molecule has 0 aliphatic heterocycles. The van der Waals surface area contributed by atoms with Gasteiger partial charge in [-0.3, -0.25) is 9.59 Å². The van der Waals surface area contributed by atoms with E-state index in [0.29, 0.717) is 0 Å². The number of nitrogens with one attached hydrogen (secondary N) is 1. The SMILES string of the molecule is COC(=O)[C@H](C)[C@H](NC(=O)OCc1ccccc1)[C@H](C(=O)O)[C@H](C)O. The van der Waals surface area contributed by atoms with E-state index in [-0.39, 0.29) is 6.61 Å². The summed E-state index contributed by atoms with van der Waals surface area (Å²) < 4.78 is 9.66. The fourth-order valence-corrected chi connectivity index (χ4v) is 2.42. The van der Waals surface area contributed by atoms with Crippen molar-refractivity contribution < 1.29 is 34.1 Å². The number of carbonyl (C=O) groups excluding carboxylic acids is 2. The number of benzene rings is 1. The van der Waals surface area contributed by atoms with E-state index in [2.05, 4.69) is 10.1 Å². The molecule has 0 spiro atoms. The highest BCUT2D eigenvalue weighted by atomic mass is 16.5. The smallest absolute Gasteiger partial charge is 0.407 e. The van der Waals surface area contributed by atoms with Crippen molar-refractivity contribution in [2.75, 3.05) is 7.11 Å². The molecule has 138 valence electrons. The first-order valence-electron chi connectivity index (χ1n) is 7.73. The molecule has 1 aromatic carbocycles. The summed E-state index contributed by atoms with van der Waals surface area (Å²) in [4.78, 5) is 35.3. The summed E-state index contributed by atoms with van der Waals surface area (Å²) >= 11 is 0. The molecule has 25 heavy (non-hydrogen) atoms. The molecule has 0 unspecified atom stereocenters. The Labute approximate surface area is 145 Å². The molecular weight excluding hydrogens is 330 g/mol. The number of amides is 1. The number of aliphatic hydroxyl groups is 1. The van der Waals surface area contributed by atoms with Crippen LogP contribution in [0.15, 0.2) is 30.3 Å². The first-order chi connectivity index (χ1) is 11.8. The van der Waals surface area contributed by atoms with Crippen molar-refractivity contribution in [2.45, 2.75) is 32.6 Å². The number of carboxylic acid groups (broad SMARTS) is 1. The number of aliphatic hydroxyl groups excluding tert-OH is 1. The Kier molecular flexibility index (Phi) is 7.87. The fourth-order valence-electron chi connectivity index (χ4n) is 2.42. The van der Waals surface area contributed by atoms with Crippen molar-refractivity contribution in [3.05, 3.63) is 35.9 Å². The minimum absolute atomic E-state index is 0.0155. The first-order valence-corrected chi connectivity index (χ1v) is 7.73. The highest BCUT2D eigenvalue weighted by molar-refractivity contribution is 5.79. The molecule has 1 amide bonds. The molecule has 1 rings (SSSR count). The van der Waals surface area contributed by atoms with Gasteiger partial charge in [-0.25, -0.2) is 4.79 Å². The van der Waals surface area contributed by atoms with Crippen molar-refractivity contribution >= 4 is 18.0 Å². The second-order valence-corrected chi connectivity index (χ2v) is 5.65. The van der Waals surface area contributed by atoms with Gasteiger partial charge in [0.25, 0.3) is 0 Å². The summed E-state index contributed by atoms with van der Waals surface area (Å²) in [5.41, 5.74) is 0.750. The van der Waals surface area contributed by atoms with E-state index in [1.165, 1.54) is 13.8 Å². The zero-order valence-corrected chi connectivity index (χ0v) is 14.3. The van der Waals surface area contributed by atoms with Crippen LogP contribution in [-0.4, -0.2) is 47.5 Å². The van der Waals surface area contributed by atoms with Crippen LogP contribution in [0.5, 0.6) is 0 Å². The standard InChI is InChI=1S/C17H23NO7/c1-10(16(22)24-3)14(13(11(2)19)15(20)21)18-17(23)25-9-12-7-5-4-6-8-12/h4-8,10-11,13-14,19H,9H2,1-3H3,(H,18,23)(H,20,21)/t10-,11+,13-,14+/m1/s1. The first kappa shape index (κ1) is 20.4. The highest BCUT2D eigenvalue weighted by Crippen LogP contribution is 2.19. The highest BCUT2D eigenvalue weighted by Gasteiger charge is 2.40. The molecule has 0 aliphatic rings. The third-order valence-electron chi connectivity index (χ3n) is 3.80. The Hall–Kier alpha value is -2.61. The number of ether oxygens (including phenoxy) is 2. The van der Waals surface area contributed by atoms with Gasteiger partial charge in [0.15, 0.2) is 0 Å². The van der Waals surface area contributed by atoms with Crippen LogP contribution in [0.25, 0.3) is 0 Å². The van der Waals surface area contributed by atoms with Crippen LogP contribution >= 0.6 is 0 Å². The number of hydrogen-bond donors (Lipinski definition) is 3. The van der Waals surface area contributed by atoms with Gasteiger partial charge in [0, 0.05) is 0 Å². The lowest BCUT2D eigenvalue weighted by atomic mass is 9.86. The molecule has 0 saturated carbocycles. The Balaban J connectivity index is 2.86. The van der Waals surface area contributed by atoms with E-state index in [1.54, 1.807) is 24.3 Å². The van der Waals surface area contributed by atoms with Crippen LogP contribution in [0.2, 0.25) is 0 Å². The van der Waals surface area contributed by atoms with Gasteiger partial charge in [-0.15, -0.1) is 0 Å². The topological polar surface area (TPSA) is 122 Å². The number of alkyl carbamates (subject to hydrolysis) is 1. The van der Waals surface area contributed by atoms with Crippen molar-refractivity contribution in [1.29, 1.82) is 0 Å². The molecule has 0 aromatic heterocycles. The minimum atomic E-state index is -1.40. The Bertz CT molecular complexity index is 588. The Morgan fingerprint density at radius 2 is 1.76 bits per heavy atom. The van der Waals surface area contributed by atoms with E-state index in [0.717, 1.165) is 12.7 Å². The van der Waals surface area contributed by atoms with E-state index < -0.39 is 42.0 Å². The maximum Gasteiger partial charge on any atom is 0.407 e. The molecule has 0 heterocycles. The van der Waals surface area contributed by atoms with Gasteiger partial charge in [0.2, 0.25) is 0 Å². The van der Waals surface area contributed by atoms with Gasteiger partial charge in [0.05, 0.1) is 25.2 Å². The van der Waals surface area contributed by atoms with E-state index in [9.17, 15) is 24.6 Å². The number of hydrogen-bond acceptors (Lipinski definition) is 6. The fraction of sp³-hybridized carbons (Fsp3) is 0.471. The number of methoxy groups -OCH3 is 1. The molecule has 4 atom stereocenters. The predicted molar refractivity (Wildman–Crippen MR) is 87.5 cm³/mol. The van der Waals surface area contributed by atoms with Crippen LogP contribution in [0.1, 0.15) is 19.4 Å². The third-order valence-corrected chi connectivity index (χ3v) is 3.80. The van der Waals surface area contributed by atoms with Gasteiger partial charge in [0.1, 0.15) is 12.5 Å². The number of aliphatic carboxylic acids is 1. The maximum absolute atomic E-state index is 12.0. The van der Waals surface area contributed by atoms with E-state index in [4.69, 9.17) is 4.74 Å². The molecule has 0 saturated heterocycles. The maximum atomic E-state index is 12.0. The molecule has 0 bridgehead atoms. The molecular formula is C17H23NO7. The van der Waals surface area contributed by atoms with Crippen molar-refractivity contribution in [2.24, 2.45) is 11.8 Å². The molecule has 8 nitrogen and oxygen atoms in total. The van der Waals surface area contributed by atoms with Gasteiger partial charge in [-0.05, 0) is 19.4 Å².